The van der Waals surface area contributed by atoms with Crippen molar-refractivity contribution >= 4 is 44.0 Å². The maximum absolute atomic E-state index is 11.9. The van der Waals surface area contributed by atoms with E-state index in [-0.39, 0.29) is 11.9 Å². The molecule has 1 amide bonds. The van der Waals surface area contributed by atoms with Gasteiger partial charge in [-0.15, -0.1) is 0 Å². The van der Waals surface area contributed by atoms with Crippen molar-refractivity contribution in [1.29, 1.82) is 0 Å². The number of thiazole rings is 1. The van der Waals surface area contributed by atoms with E-state index in [1.807, 2.05) is 16.8 Å². The Hall–Kier alpha value is -0.920. The number of fused-ring (bicyclic) bond motifs is 1. The van der Waals surface area contributed by atoms with Crippen LogP contribution in [0, 0.1) is 0 Å². The molecular formula is C10H11BrN4OS. The van der Waals surface area contributed by atoms with Gasteiger partial charge in [0.05, 0.1) is 16.0 Å². The number of amides is 1. The summed E-state index contributed by atoms with van der Waals surface area (Å²) in [6.45, 7) is 0.920. The highest BCUT2D eigenvalue weighted by molar-refractivity contribution is 9.11. The van der Waals surface area contributed by atoms with Crippen molar-refractivity contribution in [2.75, 3.05) is 11.9 Å². The van der Waals surface area contributed by atoms with Crippen molar-refractivity contribution in [1.82, 2.24) is 14.7 Å². The molecule has 0 aliphatic carbocycles. The highest BCUT2D eigenvalue weighted by Gasteiger charge is 2.22. The van der Waals surface area contributed by atoms with Gasteiger partial charge in [0, 0.05) is 6.20 Å². The number of hydrogen-bond acceptors (Lipinski definition) is 4. The minimum absolute atomic E-state index is 0.00678. The van der Waals surface area contributed by atoms with Crippen LogP contribution in [0.4, 0.5) is 5.82 Å². The van der Waals surface area contributed by atoms with E-state index < -0.39 is 0 Å². The molecule has 2 aromatic heterocycles. The van der Waals surface area contributed by atoms with Crippen LogP contribution in [0.3, 0.4) is 0 Å². The zero-order valence-electron chi connectivity index (χ0n) is 8.94. The third-order valence-electron chi connectivity index (χ3n) is 2.76. The van der Waals surface area contributed by atoms with Crippen molar-refractivity contribution in [3.8, 4) is 0 Å². The molecular weight excluding hydrogens is 304 g/mol. The average Bonchev–Trinajstić information content (AvgIpc) is 2.91. The van der Waals surface area contributed by atoms with E-state index in [0.717, 1.165) is 28.1 Å². The monoisotopic (exact) mass is 314 g/mol. The maximum Gasteiger partial charge on any atom is 0.242 e. The summed E-state index contributed by atoms with van der Waals surface area (Å²) >= 11 is 4.93. The zero-order valence-corrected chi connectivity index (χ0v) is 11.3. The van der Waals surface area contributed by atoms with Crippen LogP contribution in [0.1, 0.15) is 12.8 Å². The minimum atomic E-state index is -0.0681. The van der Waals surface area contributed by atoms with Crippen molar-refractivity contribution in [2.45, 2.75) is 18.9 Å². The van der Waals surface area contributed by atoms with Crippen LogP contribution < -0.4 is 10.6 Å². The average molecular weight is 315 g/mol. The predicted molar refractivity (Wildman–Crippen MR) is 70.4 cm³/mol. The first-order valence-corrected chi connectivity index (χ1v) is 7.01. The molecule has 1 aliphatic rings. The topological polar surface area (TPSA) is 58.4 Å². The number of anilines is 1. The molecule has 0 radical (unpaired) electrons. The first-order valence-electron chi connectivity index (χ1n) is 5.41. The van der Waals surface area contributed by atoms with Crippen LogP contribution in [0.5, 0.6) is 0 Å². The van der Waals surface area contributed by atoms with E-state index in [9.17, 15) is 4.79 Å². The zero-order chi connectivity index (χ0) is 11.8. The van der Waals surface area contributed by atoms with E-state index in [4.69, 9.17) is 0 Å². The van der Waals surface area contributed by atoms with Gasteiger partial charge in [-0.25, -0.2) is 4.98 Å². The molecule has 2 aromatic rings. The first-order chi connectivity index (χ1) is 8.22. The normalized spacial score (nSPS) is 19.9. The molecule has 3 heterocycles. The van der Waals surface area contributed by atoms with E-state index in [2.05, 4.69) is 31.5 Å². The molecule has 1 saturated heterocycles. The SMILES string of the molecule is O=C(Nc1cn2cc(Br)sc2n1)C1CCCN1. The van der Waals surface area contributed by atoms with E-state index in [1.165, 1.54) is 11.3 Å². The number of halogens is 1. The number of nitrogens with one attached hydrogen (secondary N) is 2. The standard InChI is InChI=1S/C10H11BrN4OS/c11-7-4-15-5-8(14-10(15)17-7)13-9(16)6-2-1-3-12-6/h4-6,12H,1-3H2,(H,13,16). The summed E-state index contributed by atoms with van der Waals surface area (Å²) in [6, 6.07) is -0.0681. The number of nitrogens with zero attached hydrogens (tertiary/aromatic N) is 2. The molecule has 1 atom stereocenters. The van der Waals surface area contributed by atoms with Crippen molar-refractivity contribution in [3.63, 3.8) is 0 Å². The van der Waals surface area contributed by atoms with Crippen molar-refractivity contribution < 1.29 is 4.79 Å². The van der Waals surface area contributed by atoms with Gasteiger partial charge in [-0.3, -0.25) is 9.20 Å². The fourth-order valence-electron chi connectivity index (χ4n) is 1.95. The number of aromatic nitrogens is 2. The van der Waals surface area contributed by atoms with Gasteiger partial charge in [0.25, 0.3) is 0 Å². The van der Waals surface area contributed by atoms with E-state index in [0.29, 0.717) is 5.82 Å². The third-order valence-corrected chi connectivity index (χ3v) is 4.23. The Balaban J connectivity index is 1.75. The van der Waals surface area contributed by atoms with Gasteiger partial charge in [-0.05, 0) is 35.3 Å². The summed E-state index contributed by atoms with van der Waals surface area (Å²) in [6.07, 6.45) is 5.71. The second-order valence-corrected chi connectivity index (χ2v) is 6.38. The largest absolute Gasteiger partial charge is 0.308 e. The molecule has 7 heteroatoms. The molecule has 1 fully saturated rings. The summed E-state index contributed by atoms with van der Waals surface area (Å²) < 4.78 is 2.92. The fourth-order valence-corrected chi connectivity index (χ4v) is 3.30. The smallest absolute Gasteiger partial charge is 0.242 e. The highest BCUT2D eigenvalue weighted by Crippen LogP contribution is 2.24. The van der Waals surface area contributed by atoms with Crippen LogP contribution in [0.15, 0.2) is 16.2 Å². The Morgan fingerprint density at radius 2 is 2.53 bits per heavy atom. The van der Waals surface area contributed by atoms with Gasteiger partial charge in [0.2, 0.25) is 5.91 Å². The predicted octanol–water partition coefficient (Wildman–Crippen LogP) is 1.85. The van der Waals surface area contributed by atoms with Gasteiger partial charge in [-0.1, -0.05) is 11.3 Å². The summed E-state index contributed by atoms with van der Waals surface area (Å²) in [5.74, 6) is 0.620. The molecule has 0 spiro atoms. The van der Waals surface area contributed by atoms with Crippen LogP contribution in [-0.4, -0.2) is 27.9 Å². The van der Waals surface area contributed by atoms with Crippen molar-refractivity contribution in [2.24, 2.45) is 0 Å². The number of carbonyl (C=O) groups is 1. The molecule has 1 aliphatic heterocycles. The van der Waals surface area contributed by atoms with Gasteiger partial charge in [0.1, 0.15) is 0 Å². The molecule has 2 N–H and O–H groups in total. The molecule has 0 aromatic carbocycles. The number of carbonyl (C=O) groups excluding carboxylic acids is 1. The van der Waals surface area contributed by atoms with Gasteiger partial charge in [0.15, 0.2) is 10.8 Å². The van der Waals surface area contributed by atoms with Crippen LogP contribution in [-0.2, 0) is 4.79 Å². The second kappa shape index (κ2) is 4.40. The lowest BCUT2D eigenvalue weighted by Crippen LogP contribution is -2.35. The number of hydrogen-bond donors (Lipinski definition) is 2. The van der Waals surface area contributed by atoms with Crippen LogP contribution in [0.2, 0.25) is 0 Å². The summed E-state index contributed by atoms with van der Waals surface area (Å²) in [7, 11) is 0. The third kappa shape index (κ3) is 2.22. The summed E-state index contributed by atoms with van der Waals surface area (Å²) in [5.41, 5.74) is 0. The Kier molecular flexibility index (Phi) is 2.89. The molecule has 1 unspecified atom stereocenters. The lowest BCUT2D eigenvalue weighted by Gasteiger charge is -2.08. The van der Waals surface area contributed by atoms with Crippen molar-refractivity contribution in [3.05, 3.63) is 16.2 Å². The molecule has 17 heavy (non-hydrogen) atoms. The summed E-state index contributed by atoms with van der Waals surface area (Å²) in [4.78, 5) is 17.1. The quantitative estimate of drug-likeness (QED) is 0.889. The fraction of sp³-hybridized carbons (Fsp3) is 0.400. The number of imidazole rings is 1. The Morgan fingerprint density at radius 3 is 3.24 bits per heavy atom. The highest BCUT2D eigenvalue weighted by atomic mass is 79.9. The maximum atomic E-state index is 11.9. The van der Waals surface area contributed by atoms with E-state index >= 15 is 0 Å². The van der Waals surface area contributed by atoms with Crippen LogP contribution >= 0.6 is 27.3 Å². The second-order valence-electron chi connectivity index (χ2n) is 3.99. The first kappa shape index (κ1) is 11.2. The van der Waals surface area contributed by atoms with Gasteiger partial charge in [-0.2, -0.15) is 0 Å². The lowest BCUT2D eigenvalue weighted by atomic mass is 10.2. The number of rotatable bonds is 2. The Bertz CT molecular complexity index is 526. The molecule has 90 valence electrons. The summed E-state index contributed by atoms with van der Waals surface area (Å²) in [5, 5.41) is 6.00. The molecule has 0 bridgehead atoms. The van der Waals surface area contributed by atoms with Gasteiger partial charge >= 0.3 is 0 Å². The van der Waals surface area contributed by atoms with Gasteiger partial charge < -0.3 is 10.6 Å². The molecule has 5 nitrogen and oxygen atoms in total. The Morgan fingerprint density at radius 1 is 1.65 bits per heavy atom. The van der Waals surface area contributed by atoms with Crippen LogP contribution in [0.25, 0.3) is 4.96 Å². The molecule has 0 saturated carbocycles. The molecule has 3 rings (SSSR count). The lowest BCUT2D eigenvalue weighted by molar-refractivity contribution is -0.117. The van der Waals surface area contributed by atoms with E-state index in [1.54, 1.807) is 0 Å². The Labute approximate surface area is 110 Å². The minimum Gasteiger partial charge on any atom is -0.308 e.